The zero-order valence-corrected chi connectivity index (χ0v) is 15.7. The van der Waals surface area contributed by atoms with E-state index in [0.29, 0.717) is 5.75 Å². The van der Waals surface area contributed by atoms with Gasteiger partial charge in [-0.05, 0) is 25.1 Å². The Hall–Kier alpha value is -2.70. The van der Waals surface area contributed by atoms with Crippen LogP contribution in [0.1, 0.15) is 13.2 Å². The third-order valence-corrected chi connectivity index (χ3v) is 6.08. The Balaban J connectivity index is 1.65. The number of hydrogen-bond acceptors (Lipinski definition) is 9. The average molecular weight is 404 g/mol. The minimum absolute atomic E-state index is 0.0515. The van der Waals surface area contributed by atoms with Crippen molar-refractivity contribution in [2.45, 2.75) is 25.4 Å². The fourth-order valence-electron chi connectivity index (χ4n) is 3.28. The van der Waals surface area contributed by atoms with E-state index in [9.17, 15) is 14.6 Å². The first-order valence-corrected chi connectivity index (χ1v) is 9.90. The SMILES string of the molecule is C[C@@]1(C#N)[C@@H]2OP(=O)(Oc3ccccc3)OC[C@H]2O[C@H]1n1ccc(N)nc1=O. The minimum Gasteiger partial charge on any atom is -0.404 e. The molecule has 0 saturated carbocycles. The number of nitrogen functional groups attached to an aromatic ring is 1. The molecule has 1 aromatic carbocycles. The maximum atomic E-state index is 13.0. The van der Waals surface area contributed by atoms with Gasteiger partial charge < -0.3 is 15.0 Å². The molecule has 2 saturated heterocycles. The summed E-state index contributed by atoms with van der Waals surface area (Å²) in [6.45, 7) is 1.43. The third kappa shape index (κ3) is 3.08. The Bertz CT molecular complexity index is 1040. The first kappa shape index (κ1) is 18.7. The van der Waals surface area contributed by atoms with Crippen molar-refractivity contribution in [1.82, 2.24) is 9.55 Å². The molecule has 2 aliphatic heterocycles. The average Bonchev–Trinajstić information content (AvgIpc) is 2.95. The van der Waals surface area contributed by atoms with Gasteiger partial charge in [-0.15, -0.1) is 0 Å². The number of nitriles is 1. The van der Waals surface area contributed by atoms with Crippen LogP contribution in [0.25, 0.3) is 0 Å². The van der Waals surface area contributed by atoms with Crippen molar-refractivity contribution in [2.75, 3.05) is 12.3 Å². The fourth-order valence-corrected chi connectivity index (χ4v) is 4.78. The Kier molecular flexibility index (Phi) is 4.48. The van der Waals surface area contributed by atoms with Gasteiger partial charge in [0.25, 0.3) is 0 Å². The first-order valence-electron chi connectivity index (χ1n) is 8.44. The van der Waals surface area contributed by atoms with Gasteiger partial charge in [-0.3, -0.25) is 13.6 Å². The number of phosphoric acid groups is 1. The van der Waals surface area contributed by atoms with Crippen LogP contribution >= 0.6 is 7.82 Å². The zero-order valence-electron chi connectivity index (χ0n) is 14.8. The molecule has 11 heteroatoms. The van der Waals surface area contributed by atoms with Crippen LogP contribution in [0.4, 0.5) is 5.82 Å². The first-order chi connectivity index (χ1) is 13.3. The van der Waals surface area contributed by atoms with Gasteiger partial charge in [0.15, 0.2) is 6.23 Å². The van der Waals surface area contributed by atoms with Crippen molar-refractivity contribution >= 4 is 13.6 Å². The highest BCUT2D eigenvalue weighted by Gasteiger charge is 2.61. The second-order valence-corrected chi connectivity index (χ2v) is 8.18. The van der Waals surface area contributed by atoms with E-state index in [-0.39, 0.29) is 12.4 Å². The maximum absolute atomic E-state index is 13.0. The molecular weight excluding hydrogens is 387 g/mol. The maximum Gasteiger partial charge on any atom is 0.530 e. The Morgan fingerprint density at radius 3 is 2.82 bits per heavy atom. The van der Waals surface area contributed by atoms with Crippen LogP contribution in [0.3, 0.4) is 0 Å². The number of fused-ring (bicyclic) bond motifs is 1. The Labute approximate surface area is 160 Å². The molecule has 1 aromatic heterocycles. The number of aromatic nitrogens is 2. The van der Waals surface area contributed by atoms with Crippen molar-refractivity contribution in [3.8, 4) is 11.8 Å². The zero-order chi connectivity index (χ0) is 19.9. The third-order valence-electron chi connectivity index (χ3n) is 4.69. The molecule has 5 atom stereocenters. The van der Waals surface area contributed by atoms with Gasteiger partial charge in [-0.25, -0.2) is 9.36 Å². The summed E-state index contributed by atoms with van der Waals surface area (Å²) in [5, 5.41) is 9.86. The number of para-hydroxylation sites is 1. The molecular formula is C17H17N4O6P. The largest absolute Gasteiger partial charge is 0.530 e. The predicted molar refractivity (Wildman–Crippen MR) is 96.0 cm³/mol. The van der Waals surface area contributed by atoms with E-state index in [2.05, 4.69) is 11.1 Å². The lowest BCUT2D eigenvalue weighted by atomic mass is 9.84. The summed E-state index contributed by atoms with van der Waals surface area (Å²) in [6, 6.07) is 12.0. The molecule has 146 valence electrons. The minimum atomic E-state index is -3.99. The van der Waals surface area contributed by atoms with Gasteiger partial charge >= 0.3 is 13.5 Å². The quantitative estimate of drug-likeness (QED) is 0.759. The molecule has 0 aliphatic carbocycles. The van der Waals surface area contributed by atoms with Crippen LogP contribution in [0.2, 0.25) is 0 Å². The van der Waals surface area contributed by atoms with Gasteiger partial charge in [-0.2, -0.15) is 10.2 Å². The van der Waals surface area contributed by atoms with E-state index in [0.717, 1.165) is 4.57 Å². The Morgan fingerprint density at radius 2 is 2.14 bits per heavy atom. The summed E-state index contributed by atoms with van der Waals surface area (Å²) in [7, 11) is -3.99. The monoisotopic (exact) mass is 404 g/mol. The van der Waals surface area contributed by atoms with Crippen LogP contribution in [0, 0.1) is 16.7 Å². The summed E-state index contributed by atoms with van der Waals surface area (Å²) in [5.41, 5.74) is 3.50. The van der Waals surface area contributed by atoms with E-state index in [4.69, 9.17) is 24.0 Å². The topological polar surface area (TPSA) is 139 Å². The Morgan fingerprint density at radius 1 is 1.39 bits per heavy atom. The van der Waals surface area contributed by atoms with Gasteiger partial charge in [-0.1, -0.05) is 18.2 Å². The van der Waals surface area contributed by atoms with E-state index in [1.54, 1.807) is 37.3 Å². The molecule has 2 fully saturated rings. The highest BCUT2D eigenvalue weighted by atomic mass is 31.2. The summed E-state index contributed by atoms with van der Waals surface area (Å²) in [6.07, 6.45) is -1.31. The molecule has 0 amide bonds. The van der Waals surface area contributed by atoms with Crippen LogP contribution in [0.5, 0.6) is 5.75 Å². The highest BCUT2D eigenvalue weighted by Crippen LogP contribution is 2.60. The van der Waals surface area contributed by atoms with E-state index >= 15 is 0 Å². The van der Waals surface area contributed by atoms with E-state index in [1.165, 1.54) is 12.3 Å². The van der Waals surface area contributed by atoms with Crippen molar-refractivity contribution in [3.05, 3.63) is 53.1 Å². The lowest BCUT2D eigenvalue weighted by molar-refractivity contribution is -0.0670. The summed E-state index contributed by atoms with van der Waals surface area (Å²) >= 11 is 0. The van der Waals surface area contributed by atoms with Crippen LogP contribution in [0.15, 0.2) is 47.4 Å². The lowest BCUT2D eigenvalue weighted by Crippen LogP contribution is -2.43. The molecule has 28 heavy (non-hydrogen) atoms. The van der Waals surface area contributed by atoms with Crippen LogP contribution in [-0.2, 0) is 18.3 Å². The second-order valence-electron chi connectivity index (χ2n) is 6.64. The number of anilines is 1. The van der Waals surface area contributed by atoms with Gasteiger partial charge in [0, 0.05) is 6.20 Å². The van der Waals surface area contributed by atoms with Crippen LogP contribution in [-0.4, -0.2) is 28.4 Å². The molecule has 0 bridgehead atoms. The molecule has 10 nitrogen and oxygen atoms in total. The van der Waals surface area contributed by atoms with E-state index < -0.39 is 37.4 Å². The number of nitrogens with zero attached hydrogens (tertiary/aromatic N) is 3. The van der Waals surface area contributed by atoms with Gasteiger partial charge in [0.1, 0.15) is 29.2 Å². The summed E-state index contributed by atoms with van der Waals surface area (Å²) < 4.78 is 36.3. The second kappa shape index (κ2) is 6.72. The fraction of sp³-hybridized carbons (Fsp3) is 0.353. The van der Waals surface area contributed by atoms with Crippen molar-refractivity contribution < 1.29 is 22.9 Å². The normalized spacial score (nSPS) is 34.4. The molecule has 0 spiro atoms. The molecule has 1 unspecified atom stereocenters. The number of nitrogens with two attached hydrogens (primary N) is 1. The molecule has 2 aliphatic rings. The standard InChI is InChI=1S/C17H17N4O6P/c1-17(10-18)14-12(25-15(17)21-8-7-13(19)20-16(21)22)9-24-28(23,27-14)26-11-5-3-2-4-6-11/h2-8,12,14-15H,9H2,1H3,(H2,19,20,22)/t12-,14-,15-,17-,28?/m1/s1. The molecule has 2 aromatic rings. The van der Waals surface area contributed by atoms with Crippen molar-refractivity contribution in [3.63, 3.8) is 0 Å². The number of ether oxygens (including phenoxy) is 1. The molecule has 2 N–H and O–H groups in total. The number of phosphoric ester groups is 1. The summed E-state index contributed by atoms with van der Waals surface area (Å²) in [5.74, 6) is 0.355. The summed E-state index contributed by atoms with van der Waals surface area (Å²) in [4.78, 5) is 15.9. The number of rotatable bonds is 3. The van der Waals surface area contributed by atoms with Gasteiger partial charge in [0.2, 0.25) is 0 Å². The van der Waals surface area contributed by atoms with Gasteiger partial charge in [0.05, 0.1) is 12.7 Å². The van der Waals surface area contributed by atoms with E-state index in [1.807, 2.05) is 0 Å². The number of hydrogen-bond donors (Lipinski definition) is 1. The molecule has 4 rings (SSSR count). The van der Waals surface area contributed by atoms with Crippen LogP contribution < -0.4 is 15.9 Å². The lowest BCUT2D eigenvalue weighted by Gasteiger charge is -2.34. The smallest absolute Gasteiger partial charge is 0.404 e. The predicted octanol–water partition coefficient (Wildman–Crippen LogP) is 1.86. The van der Waals surface area contributed by atoms with Crippen molar-refractivity contribution in [2.24, 2.45) is 5.41 Å². The highest BCUT2D eigenvalue weighted by molar-refractivity contribution is 7.49. The molecule has 3 heterocycles. The number of benzene rings is 1. The molecule has 0 radical (unpaired) electrons. The van der Waals surface area contributed by atoms with Crippen molar-refractivity contribution in [1.29, 1.82) is 5.26 Å².